The number of aromatic amines is 1. The van der Waals surface area contributed by atoms with Gasteiger partial charge in [0.2, 0.25) is 0 Å². The van der Waals surface area contributed by atoms with Crippen molar-refractivity contribution in [2.75, 3.05) is 4.90 Å². The highest BCUT2D eigenvalue weighted by atomic mass is 35.5. The Hall–Kier alpha value is -2.53. The van der Waals surface area contributed by atoms with Crippen LogP contribution in [0.3, 0.4) is 0 Å². The third kappa shape index (κ3) is 2.24. The number of hydrogen-bond acceptors (Lipinski definition) is 2. The zero-order valence-corrected chi connectivity index (χ0v) is 13.0. The second-order valence-corrected chi connectivity index (χ2v) is 6.15. The van der Waals surface area contributed by atoms with E-state index in [-0.39, 0.29) is 6.04 Å². The lowest BCUT2D eigenvalue weighted by Gasteiger charge is -2.28. The van der Waals surface area contributed by atoms with E-state index in [0.717, 1.165) is 35.0 Å². The van der Waals surface area contributed by atoms with Gasteiger partial charge in [-0.1, -0.05) is 23.7 Å². The van der Waals surface area contributed by atoms with Crippen molar-refractivity contribution in [1.82, 2.24) is 10.2 Å². The Bertz CT molecular complexity index is 904. The molecule has 3 aromatic rings. The lowest BCUT2D eigenvalue weighted by atomic mass is 10.1. The van der Waals surface area contributed by atoms with Gasteiger partial charge in [-0.2, -0.15) is 5.10 Å². The first-order chi connectivity index (χ1) is 11.1. The average molecular weight is 327 g/mol. The van der Waals surface area contributed by atoms with Crippen LogP contribution in [-0.2, 0) is 6.42 Å². The number of H-pyrrole nitrogens is 1. The highest BCUT2D eigenvalue weighted by Crippen LogP contribution is 2.40. The number of hydrogen-bond donors (Lipinski definition) is 2. The normalized spacial score (nSPS) is 16.5. The molecule has 23 heavy (non-hydrogen) atoms. The topological polar surface area (TPSA) is 75.0 Å². The molecule has 0 bridgehead atoms. The summed E-state index contributed by atoms with van der Waals surface area (Å²) in [7, 11) is 0. The third-order valence-corrected chi connectivity index (χ3v) is 4.66. The van der Waals surface area contributed by atoms with E-state index in [9.17, 15) is 4.79 Å². The van der Waals surface area contributed by atoms with Crippen molar-refractivity contribution in [3.05, 3.63) is 58.7 Å². The van der Waals surface area contributed by atoms with Crippen molar-refractivity contribution in [3.8, 4) is 0 Å². The number of rotatable bonds is 2. The Morgan fingerprint density at radius 1 is 1.35 bits per heavy atom. The number of urea groups is 1. The summed E-state index contributed by atoms with van der Waals surface area (Å²) >= 11 is 6.08. The molecule has 1 aromatic heterocycles. The van der Waals surface area contributed by atoms with Crippen LogP contribution in [0.4, 0.5) is 10.5 Å². The fourth-order valence-electron chi connectivity index (χ4n) is 3.43. The van der Waals surface area contributed by atoms with Crippen molar-refractivity contribution >= 4 is 34.2 Å². The fourth-order valence-corrected chi connectivity index (χ4v) is 3.63. The molecule has 1 aliphatic carbocycles. The summed E-state index contributed by atoms with van der Waals surface area (Å²) in [5.74, 6) is 0. The van der Waals surface area contributed by atoms with Gasteiger partial charge in [0.25, 0.3) is 0 Å². The lowest BCUT2D eigenvalue weighted by Crippen LogP contribution is -2.38. The number of aromatic nitrogens is 2. The molecule has 0 fully saturated rings. The minimum atomic E-state index is -0.466. The number of nitrogens with one attached hydrogen (secondary N) is 1. The maximum absolute atomic E-state index is 12.2. The highest BCUT2D eigenvalue weighted by molar-refractivity contribution is 6.30. The number of carbonyl (C=O) groups is 1. The Morgan fingerprint density at radius 2 is 2.22 bits per heavy atom. The predicted molar refractivity (Wildman–Crippen MR) is 90.7 cm³/mol. The van der Waals surface area contributed by atoms with Crippen LogP contribution in [-0.4, -0.2) is 16.2 Å². The van der Waals surface area contributed by atoms with Crippen LogP contribution in [0.25, 0.3) is 10.9 Å². The maximum Gasteiger partial charge on any atom is 0.319 e. The van der Waals surface area contributed by atoms with Gasteiger partial charge in [0.05, 0.1) is 23.4 Å². The van der Waals surface area contributed by atoms with E-state index in [4.69, 9.17) is 17.3 Å². The number of nitrogens with zero attached hydrogens (tertiary/aromatic N) is 2. The van der Waals surface area contributed by atoms with E-state index in [1.807, 2.05) is 36.4 Å². The minimum absolute atomic E-state index is 0.0831. The molecule has 4 rings (SSSR count). The predicted octanol–water partition coefficient (Wildman–Crippen LogP) is 3.79. The largest absolute Gasteiger partial charge is 0.351 e. The van der Waals surface area contributed by atoms with Crippen molar-refractivity contribution < 1.29 is 4.79 Å². The van der Waals surface area contributed by atoms with Crippen LogP contribution < -0.4 is 10.6 Å². The van der Waals surface area contributed by atoms with Gasteiger partial charge in [0.1, 0.15) is 0 Å². The molecule has 5 nitrogen and oxygen atoms in total. The molecule has 0 aliphatic heterocycles. The van der Waals surface area contributed by atoms with E-state index >= 15 is 0 Å². The van der Waals surface area contributed by atoms with Gasteiger partial charge >= 0.3 is 6.03 Å². The molecule has 2 amide bonds. The number of primary amides is 1. The molecule has 1 atom stereocenters. The summed E-state index contributed by atoms with van der Waals surface area (Å²) in [4.78, 5) is 13.9. The Labute approximate surface area is 138 Å². The molecule has 2 aromatic carbocycles. The molecule has 0 saturated heterocycles. The summed E-state index contributed by atoms with van der Waals surface area (Å²) in [6.45, 7) is 0. The first-order valence-electron chi connectivity index (χ1n) is 7.44. The van der Waals surface area contributed by atoms with Gasteiger partial charge in [0.15, 0.2) is 0 Å². The molecule has 6 heteroatoms. The number of nitrogens with two attached hydrogens (primary N) is 1. The monoisotopic (exact) mass is 326 g/mol. The second-order valence-electron chi connectivity index (χ2n) is 5.71. The fraction of sp³-hybridized carbons (Fsp3) is 0.176. The number of carbonyl (C=O) groups excluding carboxylic acids is 1. The molecule has 0 radical (unpaired) electrons. The third-order valence-electron chi connectivity index (χ3n) is 4.42. The zero-order valence-electron chi connectivity index (χ0n) is 12.3. The van der Waals surface area contributed by atoms with E-state index < -0.39 is 6.03 Å². The number of amides is 2. The van der Waals surface area contributed by atoms with Gasteiger partial charge < -0.3 is 5.73 Å². The van der Waals surface area contributed by atoms with Crippen LogP contribution in [0.2, 0.25) is 5.02 Å². The summed E-state index contributed by atoms with van der Waals surface area (Å²) in [5.41, 5.74) is 9.66. The molecular formula is C17H15ClN4O. The van der Waals surface area contributed by atoms with Gasteiger partial charge in [-0.25, -0.2) is 4.79 Å². The molecule has 1 unspecified atom stereocenters. The van der Waals surface area contributed by atoms with Crippen molar-refractivity contribution in [3.63, 3.8) is 0 Å². The molecule has 0 saturated carbocycles. The molecule has 3 N–H and O–H groups in total. The van der Waals surface area contributed by atoms with Crippen molar-refractivity contribution in [2.24, 2.45) is 5.73 Å². The number of aryl methyl sites for hydroxylation is 1. The van der Waals surface area contributed by atoms with Crippen LogP contribution in [0.1, 0.15) is 23.6 Å². The minimum Gasteiger partial charge on any atom is -0.351 e. The molecule has 1 heterocycles. The number of halogens is 1. The van der Waals surface area contributed by atoms with Crippen LogP contribution in [0.5, 0.6) is 0 Å². The van der Waals surface area contributed by atoms with Gasteiger partial charge in [-0.15, -0.1) is 0 Å². The number of anilines is 1. The Balaban J connectivity index is 1.85. The summed E-state index contributed by atoms with van der Waals surface area (Å²) in [6.07, 6.45) is 3.43. The first-order valence-corrected chi connectivity index (χ1v) is 7.82. The smallest absolute Gasteiger partial charge is 0.319 e. The second kappa shape index (κ2) is 5.28. The molecular weight excluding hydrogens is 312 g/mol. The van der Waals surface area contributed by atoms with Crippen molar-refractivity contribution in [2.45, 2.75) is 18.9 Å². The Kier molecular flexibility index (Phi) is 3.23. The first kappa shape index (κ1) is 14.1. The summed E-state index contributed by atoms with van der Waals surface area (Å²) < 4.78 is 0. The summed E-state index contributed by atoms with van der Waals surface area (Å²) in [5, 5.41) is 8.59. The van der Waals surface area contributed by atoms with Gasteiger partial charge in [-0.05, 0) is 48.2 Å². The summed E-state index contributed by atoms with van der Waals surface area (Å²) in [6, 6.07) is 11.0. The molecule has 1 aliphatic rings. The quantitative estimate of drug-likeness (QED) is 0.751. The van der Waals surface area contributed by atoms with Crippen molar-refractivity contribution in [1.29, 1.82) is 0 Å². The van der Waals surface area contributed by atoms with Gasteiger partial charge in [-0.3, -0.25) is 10.00 Å². The zero-order chi connectivity index (χ0) is 16.0. The highest BCUT2D eigenvalue weighted by Gasteiger charge is 2.32. The molecule has 0 spiro atoms. The van der Waals surface area contributed by atoms with E-state index in [1.165, 1.54) is 5.56 Å². The molecule has 116 valence electrons. The average Bonchev–Trinajstić information content (AvgIpc) is 3.14. The van der Waals surface area contributed by atoms with E-state index in [0.29, 0.717) is 5.02 Å². The maximum atomic E-state index is 12.2. The number of fused-ring (bicyclic) bond motifs is 2. The standard InChI is InChI=1S/C17H15ClN4O/c18-11-5-6-12-10(8-11)4-7-16(12)22(17(19)23)15-3-1-2-14-13(15)9-20-21-14/h1-3,5-6,8-9,16H,4,7H2,(H2,19,23)(H,20,21). The van der Waals surface area contributed by atoms with Crippen LogP contribution in [0, 0.1) is 0 Å². The van der Waals surface area contributed by atoms with E-state index in [1.54, 1.807) is 11.1 Å². The Morgan fingerprint density at radius 3 is 3.04 bits per heavy atom. The number of benzene rings is 2. The lowest BCUT2D eigenvalue weighted by molar-refractivity contribution is 0.251. The van der Waals surface area contributed by atoms with Crippen LogP contribution >= 0.6 is 11.6 Å². The van der Waals surface area contributed by atoms with E-state index in [2.05, 4.69) is 10.2 Å². The SMILES string of the molecule is NC(=O)N(c1cccc2[nH]ncc12)C1CCc2cc(Cl)ccc21. The van der Waals surface area contributed by atoms with Gasteiger partial charge in [0, 0.05) is 10.4 Å². The van der Waals surface area contributed by atoms with Crippen LogP contribution in [0.15, 0.2) is 42.6 Å².